The van der Waals surface area contributed by atoms with Crippen LogP contribution >= 0.6 is 0 Å². The Hall–Kier alpha value is -7.20. The van der Waals surface area contributed by atoms with Crippen LogP contribution in [0, 0.1) is 6.92 Å². The number of fused-ring (bicyclic) bond motifs is 4. The summed E-state index contributed by atoms with van der Waals surface area (Å²) in [4.78, 5) is 27.0. The predicted molar refractivity (Wildman–Crippen MR) is 263 cm³/mol. The number of carbonyl (C=O) groups excluding carboxylic acids is 2. The molecule has 0 spiro atoms. The molecule has 0 radical (unpaired) electrons. The van der Waals surface area contributed by atoms with Gasteiger partial charge in [-0.1, -0.05) is 42.5 Å². The Morgan fingerprint density at radius 3 is 1.80 bits per heavy atom. The van der Waals surface area contributed by atoms with E-state index in [-0.39, 0.29) is 11.5 Å². The van der Waals surface area contributed by atoms with Gasteiger partial charge in [0, 0.05) is 93.9 Å². The monoisotopic (exact) mass is 871 g/mol. The Bertz CT molecular complexity index is 3110. The van der Waals surface area contributed by atoms with Gasteiger partial charge in [0.05, 0.1) is 30.3 Å². The number of carbonyl (C=O) groups is 2. The van der Waals surface area contributed by atoms with Crippen LogP contribution in [0.3, 0.4) is 0 Å². The zero-order valence-corrected chi connectivity index (χ0v) is 39.0. The minimum atomic E-state index is -1.19. The van der Waals surface area contributed by atoms with Gasteiger partial charge in [0.25, 0.3) is 0 Å². The standard InChI is InChI=1S/C28H30N2O3.C27H28N2O3/c1-5-29(6-2)19-13-15-23-25(17-19)33-26-18-20(30(7-3)8-4)14-16-24(26)27(23)21-11-9-10-12-22(21)28(31)32;1-6-28-23-16-25-22(14-17(23)3)26(19-10-8-9-11-20(19)27(30)31-7-2)21-13-12-18(29(4)5)15-24(21)32-25/h9-18H,5-8H2,1-4H3;8-16H,6-7H2,1-5H3/p+1. The normalized spacial score (nSPS) is 11.1. The molecule has 0 unspecified atom stereocenters. The molecule has 65 heavy (non-hydrogen) atoms. The summed E-state index contributed by atoms with van der Waals surface area (Å²) in [7, 11) is 4.01. The second kappa shape index (κ2) is 20.1. The fraction of sp³-hybridized carbons (Fsp3) is 0.273. The Morgan fingerprint density at radius 1 is 0.646 bits per heavy atom. The molecule has 10 nitrogen and oxygen atoms in total. The number of aryl methyl sites for hydroxylation is 1. The molecule has 8 rings (SSSR count). The van der Waals surface area contributed by atoms with Crippen molar-refractivity contribution in [1.29, 1.82) is 0 Å². The van der Waals surface area contributed by atoms with Crippen LogP contribution in [0.25, 0.3) is 66.8 Å². The largest absolute Gasteiger partial charge is 0.545 e. The lowest BCUT2D eigenvalue weighted by molar-refractivity contribution is -0.254. The zero-order valence-electron chi connectivity index (χ0n) is 39.0. The van der Waals surface area contributed by atoms with Crippen LogP contribution in [0.2, 0.25) is 0 Å². The SMILES string of the molecule is CCN(CC)c1ccc2c(-c3ccccc3C(=O)[O-])c3ccc(=[N+](CC)CC)cc-3oc2c1.CCNc1cc2oc3cc(=[N+](C)C)ccc-3c(-c3ccccc3C(=O)OCC)c2cc1C. The lowest BCUT2D eigenvalue weighted by atomic mass is 9.90. The number of rotatable bonds is 12. The molecule has 4 aromatic carbocycles. The van der Waals surface area contributed by atoms with Gasteiger partial charge in [0.2, 0.25) is 10.7 Å². The van der Waals surface area contributed by atoms with Gasteiger partial charge in [-0.2, -0.15) is 0 Å². The van der Waals surface area contributed by atoms with Crippen LogP contribution < -0.4 is 35.2 Å². The molecule has 0 saturated heterocycles. The van der Waals surface area contributed by atoms with Gasteiger partial charge < -0.3 is 33.7 Å². The maximum absolute atomic E-state index is 12.8. The van der Waals surface area contributed by atoms with Crippen LogP contribution in [-0.4, -0.2) is 65.4 Å². The number of nitrogens with one attached hydrogen (secondary N) is 1. The van der Waals surface area contributed by atoms with E-state index in [1.54, 1.807) is 12.1 Å². The van der Waals surface area contributed by atoms with E-state index in [1.807, 2.05) is 86.3 Å². The number of hydrogen-bond acceptors (Lipinski definition) is 8. The summed E-state index contributed by atoms with van der Waals surface area (Å²) in [5.41, 5.74) is 10.6. The fourth-order valence-electron chi connectivity index (χ4n) is 8.68. The number of nitrogens with zero attached hydrogens (tertiary/aromatic N) is 3. The van der Waals surface area contributed by atoms with E-state index in [1.165, 1.54) is 0 Å². The van der Waals surface area contributed by atoms with Crippen molar-refractivity contribution in [3.05, 3.63) is 143 Å². The lowest BCUT2D eigenvalue weighted by Crippen LogP contribution is -2.29. The summed E-state index contributed by atoms with van der Waals surface area (Å²) >= 11 is 0. The summed E-state index contributed by atoms with van der Waals surface area (Å²) in [5, 5.41) is 19.3. The zero-order chi connectivity index (χ0) is 46.4. The summed E-state index contributed by atoms with van der Waals surface area (Å²) in [6.07, 6.45) is 0. The van der Waals surface area contributed by atoms with E-state index in [2.05, 4.69) is 98.8 Å². The van der Waals surface area contributed by atoms with Gasteiger partial charge in [-0.25, -0.2) is 13.9 Å². The number of esters is 1. The fourth-order valence-corrected chi connectivity index (χ4v) is 8.68. The average Bonchev–Trinajstić information content (AvgIpc) is 3.31. The second-order valence-electron chi connectivity index (χ2n) is 16.0. The minimum Gasteiger partial charge on any atom is -0.545 e. The molecule has 1 N–H and O–H groups in total. The topological polar surface area (TPSA) is 114 Å². The Balaban J connectivity index is 0.000000194. The first kappa shape index (κ1) is 45.8. The highest BCUT2D eigenvalue weighted by Gasteiger charge is 2.24. The van der Waals surface area contributed by atoms with Crippen molar-refractivity contribution in [2.45, 2.75) is 48.5 Å². The first-order chi connectivity index (χ1) is 31.5. The molecule has 2 heterocycles. The summed E-state index contributed by atoms with van der Waals surface area (Å²) in [6.45, 7) is 19.2. The molecule has 4 aromatic rings. The number of hydrogen-bond donors (Lipinski definition) is 1. The smallest absolute Gasteiger partial charge is 0.338 e. The first-order valence-corrected chi connectivity index (χ1v) is 22.6. The molecular weight excluding hydrogens is 813 g/mol. The highest BCUT2D eigenvalue weighted by Crippen LogP contribution is 2.44. The molecule has 4 aliphatic rings. The third kappa shape index (κ3) is 9.25. The maximum atomic E-state index is 12.8. The third-order valence-corrected chi connectivity index (χ3v) is 12.0. The van der Waals surface area contributed by atoms with Crippen molar-refractivity contribution in [2.75, 3.05) is 63.6 Å². The minimum absolute atomic E-state index is 0.173. The Morgan fingerprint density at radius 2 is 1.22 bits per heavy atom. The Kier molecular flexibility index (Phi) is 14.2. The van der Waals surface area contributed by atoms with Crippen LogP contribution in [0.15, 0.2) is 124 Å². The molecule has 0 amide bonds. The van der Waals surface area contributed by atoms with Gasteiger partial charge in [0.15, 0.2) is 0 Å². The van der Waals surface area contributed by atoms with E-state index >= 15 is 0 Å². The second-order valence-corrected chi connectivity index (χ2v) is 16.0. The van der Waals surface area contributed by atoms with E-state index < -0.39 is 5.97 Å². The van der Waals surface area contributed by atoms with E-state index in [4.69, 9.17) is 13.6 Å². The van der Waals surface area contributed by atoms with Crippen molar-refractivity contribution >= 4 is 45.3 Å². The number of ether oxygens (including phenoxy) is 1. The Labute approximate surface area is 381 Å². The molecule has 0 atom stereocenters. The quantitative estimate of drug-likeness (QED) is 0.0735. The number of anilines is 2. The average molecular weight is 872 g/mol. The van der Waals surface area contributed by atoms with Gasteiger partial charge in [0.1, 0.15) is 49.9 Å². The number of carboxylic acids is 1. The summed E-state index contributed by atoms with van der Waals surface area (Å²) in [5.74, 6) is -0.0151. The van der Waals surface area contributed by atoms with Crippen LogP contribution in [0.1, 0.15) is 67.8 Å². The molecule has 0 fully saturated rings. The van der Waals surface area contributed by atoms with E-state index in [9.17, 15) is 14.7 Å². The predicted octanol–water partition coefficient (Wildman–Crippen LogP) is 9.38. The molecule has 10 heteroatoms. The highest BCUT2D eigenvalue weighted by molar-refractivity contribution is 6.09. The van der Waals surface area contributed by atoms with Crippen LogP contribution in [0.4, 0.5) is 11.4 Å². The third-order valence-electron chi connectivity index (χ3n) is 12.0. The molecule has 0 saturated carbocycles. The first-order valence-electron chi connectivity index (χ1n) is 22.6. The number of carboxylic acid groups (broad SMARTS) is 1. The van der Waals surface area contributed by atoms with E-state index in [0.29, 0.717) is 17.7 Å². The van der Waals surface area contributed by atoms with Crippen LogP contribution in [0.5, 0.6) is 0 Å². The molecule has 2 aliphatic heterocycles. The number of benzene rings is 6. The van der Waals surface area contributed by atoms with Crippen molar-refractivity contribution < 1.29 is 28.3 Å². The van der Waals surface area contributed by atoms with Gasteiger partial charge in [-0.3, -0.25) is 0 Å². The molecule has 334 valence electrons. The van der Waals surface area contributed by atoms with E-state index in [0.717, 1.165) is 122 Å². The molecule has 2 aliphatic carbocycles. The lowest BCUT2D eigenvalue weighted by Gasteiger charge is -2.23. The van der Waals surface area contributed by atoms with Gasteiger partial charge in [-0.05, 0) is 102 Å². The number of aromatic carboxylic acids is 1. The van der Waals surface area contributed by atoms with Crippen LogP contribution in [-0.2, 0) is 4.74 Å². The van der Waals surface area contributed by atoms with Crippen molar-refractivity contribution in [3.8, 4) is 44.9 Å². The summed E-state index contributed by atoms with van der Waals surface area (Å²) in [6, 6.07) is 37.3. The molecular formula is C55H59N4O6+. The van der Waals surface area contributed by atoms with Gasteiger partial charge in [-0.15, -0.1) is 0 Å². The van der Waals surface area contributed by atoms with Crippen molar-refractivity contribution in [2.24, 2.45) is 0 Å². The molecule has 0 aromatic heterocycles. The maximum Gasteiger partial charge on any atom is 0.338 e. The van der Waals surface area contributed by atoms with Gasteiger partial charge >= 0.3 is 5.97 Å². The van der Waals surface area contributed by atoms with Crippen molar-refractivity contribution in [3.63, 3.8) is 0 Å². The van der Waals surface area contributed by atoms with Crippen molar-refractivity contribution in [1.82, 2.24) is 9.15 Å². The molecule has 0 bridgehead atoms. The summed E-state index contributed by atoms with van der Waals surface area (Å²) < 4.78 is 22.5. The highest BCUT2D eigenvalue weighted by atomic mass is 16.5.